The number of hydrogen-bond acceptors (Lipinski definition) is 6. The minimum absolute atomic E-state index is 0.304. The average molecular weight is 509 g/mol. The Balaban J connectivity index is 0.000000696. The zero-order valence-corrected chi connectivity index (χ0v) is 19.1. The maximum atomic E-state index is 12.1. The molecular weight excluding hydrogens is 491 g/mol. The molecule has 33 heavy (non-hydrogen) atoms. The molecule has 0 spiro atoms. The second-order valence-corrected chi connectivity index (χ2v) is 7.97. The van der Waals surface area contributed by atoms with Gasteiger partial charge in [-0.25, -0.2) is 5.43 Å². The highest BCUT2D eigenvalue weighted by molar-refractivity contribution is 7.79. The molecule has 0 aromatic heterocycles. The number of nitrogens with one attached hydrogen (secondary N) is 2. The van der Waals surface area contributed by atoms with Gasteiger partial charge in [0.15, 0.2) is 0 Å². The van der Waals surface area contributed by atoms with Gasteiger partial charge in [0.2, 0.25) is 0 Å². The fourth-order valence-corrected chi connectivity index (χ4v) is 2.46. The zero-order chi connectivity index (χ0) is 24.3. The average Bonchev–Trinajstić information content (AvgIpc) is 2.76. The number of hydrogen-bond donors (Lipinski definition) is 4. The molecule has 172 valence electrons. The summed E-state index contributed by atoms with van der Waals surface area (Å²) < 4.78 is 31.6. The van der Waals surface area contributed by atoms with E-state index in [9.17, 15) is 4.79 Å². The Kier molecular flexibility index (Phi) is 9.98. The van der Waals surface area contributed by atoms with Crippen LogP contribution < -0.4 is 10.9 Å². The van der Waals surface area contributed by atoms with Crippen LogP contribution >= 0.6 is 23.2 Å². The van der Waals surface area contributed by atoms with Crippen molar-refractivity contribution in [3.63, 3.8) is 0 Å². The van der Waals surface area contributed by atoms with Crippen molar-refractivity contribution < 1.29 is 22.3 Å². The van der Waals surface area contributed by atoms with E-state index >= 15 is 0 Å². The fraction of sp³-hybridized carbons (Fsp3) is 0. The van der Waals surface area contributed by atoms with Crippen LogP contribution in [0.4, 0.5) is 5.69 Å². The minimum atomic E-state index is -4.67. The van der Waals surface area contributed by atoms with E-state index in [1.54, 1.807) is 61.0 Å². The van der Waals surface area contributed by atoms with Crippen molar-refractivity contribution in [1.29, 1.82) is 0 Å². The zero-order valence-electron chi connectivity index (χ0n) is 16.8. The summed E-state index contributed by atoms with van der Waals surface area (Å²) in [6.45, 7) is 0. The van der Waals surface area contributed by atoms with Gasteiger partial charge in [-0.3, -0.25) is 19.3 Å². The third-order valence-corrected chi connectivity index (χ3v) is 4.18. The summed E-state index contributed by atoms with van der Waals surface area (Å²) in [5.41, 5.74) is 8.40. The molecular formula is C21H18Cl2N4O5S. The van der Waals surface area contributed by atoms with Crippen molar-refractivity contribution >= 4 is 57.6 Å². The largest absolute Gasteiger partial charge is 0.394 e. The van der Waals surface area contributed by atoms with E-state index in [0.717, 1.165) is 16.8 Å². The first kappa shape index (κ1) is 26.0. The predicted octanol–water partition coefficient (Wildman–Crippen LogP) is 4.55. The molecule has 0 bridgehead atoms. The molecule has 0 saturated carbocycles. The Morgan fingerprint density at radius 3 is 1.64 bits per heavy atom. The third-order valence-electron chi connectivity index (χ3n) is 3.67. The molecule has 0 fully saturated rings. The standard InChI is InChI=1S/C21H16Cl2N4O.H2O4S/c22-18-7-1-15(2-8-18)13-24-26-20-11-5-17(6-12-20)21(28)27-25-14-16-3-9-19(23)10-4-16;1-5(2,3)4/h1-14,26H,(H,27,28);(H2,1,2,3,4)/b24-13+,25-14+;. The lowest BCUT2D eigenvalue weighted by Crippen LogP contribution is -2.17. The molecule has 3 aromatic rings. The summed E-state index contributed by atoms with van der Waals surface area (Å²) in [7, 11) is -4.67. The summed E-state index contributed by atoms with van der Waals surface area (Å²) in [6, 6.07) is 21.4. The van der Waals surface area contributed by atoms with E-state index in [0.29, 0.717) is 15.6 Å². The van der Waals surface area contributed by atoms with Gasteiger partial charge in [-0.1, -0.05) is 47.5 Å². The molecule has 4 N–H and O–H groups in total. The summed E-state index contributed by atoms with van der Waals surface area (Å²) in [6.07, 6.45) is 3.23. The number of amides is 1. The van der Waals surface area contributed by atoms with Crippen molar-refractivity contribution in [2.45, 2.75) is 0 Å². The number of halogens is 2. The van der Waals surface area contributed by atoms with E-state index in [2.05, 4.69) is 21.1 Å². The van der Waals surface area contributed by atoms with Crippen LogP contribution in [0, 0.1) is 0 Å². The van der Waals surface area contributed by atoms with Crippen LogP contribution in [0.15, 0.2) is 83.0 Å². The molecule has 3 rings (SSSR count). The van der Waals surface area contributed by atoms with E-state index < -0.39 is 10.4 Å². The maximum Gasteiger partial charge on any atom is 0.394 e. The van der Waals surface area contributed by atoms with Gasteiger partial charge in [-0.15, -0.1) is 0 Å². The molecule has 0 saturated heterocycles. The van der Waals surface area contributed by atoms with Gasteiger partial charge in [0, 0.05) is 15.6 Å². The molecule has 0 aliphatic carbocycles. The van der Waals surface area contributed by atoms with Crippen molar-refractivity contribution in [1.82, 2.24) is 5.43 Å². The highest BCUT2D eigenvalue weighted by Gasteiger charge is 2.03. The fourth-order valence-electron chi connectivity index (χ4n) is 2.21. The molecule has 0 aliphatic rings. The van der Waals surface area contributed by atoms with Crippen molar-refractivity contribution in [3.05, 3.63) is 99.5 Å². The first-order valence-electron chi connectivity index (χ1n) is 9.04. The van der Waals surface area contributed by atoms with Gasteiger partial charge in [-0.2, -0.15) is 18.6 Å². The number of benzene rings is 3. The number of carbonyl (C=O) groups is 1. The van der Waals surface area contributed by atoms with Gasteiger partial charge in [0.25, 0.3) is 5.91 Å². The second-order valence-electron chi connectivity index (χ2n) is 6.20. The van der Waals surface area contributed by atoms with Crippen LogP contribution in [0.5, 0.6) is 0 Å². The lowest BCUT2D eigenvalue weighted by molar-refractivity contribution is 0.0955. The van der Waals surface area contributed by atoms with Crippen molar-refractivity contribution in [3.8, 4) is 0 Å². The molecule has 3 aromatic carbocycles. The molecule has 0 atom stereocenters. The summed E-state index contributed by atoms with van der Waals surface area (Å²) >= 11 is 11.7. The van der Waals surface area contributed by atoms with Crippen LogP contribution in [0.3, 0.4) is 0 Å². The lowest BCUT2D eigenvalue weighted by Gasteiger charge is -2.03. The summed E-state index contributed by atoms with van der Waals surface area (Å²) in [5.74, 6) is -0.304. The van der Waals surface area contributed by atoms with Crippen LogP contribution in [0.2, 0.25) is 10.0 Å². The van der Waals surface area contributed by atoms with Crippen LogP contribution in [0.1, 0.15) is 21.5 Å². The van der Waals surface area contributed by atoms with Gasteiger partial charge in [0.05, 0.1) is 18.1 Å². The van der Waals surface area contributed by atoms with E-state index in [-0.39, 0.29) is 5.91 Å². The number of carbonyl (C=O) groups excluding carboxylic acids is 1. The second kappa shape index (κ2) is 12.7. The normalized spacial score (nSPS) is 11.2. The van der Waals surface area contributed by atoms with Crippen molar-refractivity contribution in [2.75, 3.05) is 5.43 Å². The number of rotatable bonds is 6. The van der Waals surface area contributed by atoms with Crippen molar-refractivity contribution in [2.24, 2.45) is 10.2 Å². The van der Waals surface area contributed by atoms with Crippen LogP contribution in [-0.4, -0.2) is 35.9 Å². The molecule has 0 heterocycles. The monoisotopic (exact) mass is 508 g/mol. The number of anilines is 1. The Morgan fingerprint density at radius 1 is 0.758 bits per heavy atom. The van der Waals surface area contributed by atoms with E-state index in [4.69, 9.17) is 40.7 Å². The van der Waals surface area contributed by atoms with E-state index in [1.807, 2.05) is 24.3 Å². The van der Waals surface area contributed by atoms with Crippen LogP contribution in [-0.2, 0) is 10.4 Å². The third kappa shape index (κ3) is 11.2. The van der Waals surface area contributed by atoms with Gasteiger partial charge < -0.3 is 0 Å². The molecule has 0 radical (unpaired) electrons. The molecule has 0 aliphatic heterocycles. The smallest absolute Gasteiger partial charge is 0.279 e. The Bertz CT molecular complexity index is 1210. The van der Waals surface area contributed by atoms with Gasteiger partial charge in [-0.05, 0) is 59.7 Å². The number of nitrogens with zero attached hydrogens (tertiary/aromatic N) is 2. The topological polar surface area (TPSA) is 140 Å². The quantitative estimate of drug-likeness (QED) is 0.218. The Labute approximate surface area is 200 Å². The van der Waals surface area contributed by atoms with Gasteiger partial charge in [0.1, 0.15) is 0 Å². The highest BCUT2D eigenvalue weighted by Crippen LogP contribution is 2.11. The maximum absolute atomic E-state index is 12.1. The highest BCUT2D eigenvalue weighted by atomic mass is 35.5. The first-order valence-corrected chi connectivity index (χ1v) is 11.2. The number of hydrazone groups is 2. The predicted molar refractivity (Wildman–Crippen MR) is 130 cm³/mol. The summed E-state index contributed by atoms with van der Waals surface area (Å²) in [5, 5.41) is 9.42. The Hall–Kier alpha value is -3.28. The molecule has 12 heteroatoms. The Morgan fingerprint density at radius 2 is 1.18 bits per heavy atom. The first-order chi connectivity index (χ1) is 15.6. The van der Waals surface area contributed by atoms with Gasteiger partial charge >= 0.3 is 10.4 Å². The van der Waals surface area contributed by atoms with Crippen LogP contribution in [0.25, 0.3) is 0 Å². The minimum Gasteiger partial charge on any atom is -0.279 e. The molecule has 9 nitrogen and oxygen atoms in total. The molecule has 0 unspecified atom stereocenters. The SMILES string of the molecule is O=C(N/N=C/c1ccc(Cl)cc1)c1ccc(N/N=C/c2ccc(Cl)cc2)cc1.O=S(=O)(O)O. The van der Waals surface area contributed by atoms with E-state index in [1.165, 1.54) is 0 Å². The summed E-state index contributed by atoms with van der Waals surface area (Å²) in [4.78, 5) is 12.1. The lowest BCUT2D eigenvalue weighted by atomic mass is 10.2. The molecule has 1 amide bonds.